The Morgan fingerprint density at radius 3 is 2.00 bits per heavy atom. The Morgan fingerprint density at radius 1 is 0.794 bits per heavy atom. The molecule has 1 heterocycles. The first kappa shape index (κ1) is 23.5. The van der Waals surface area contributed by atoms with E-state index in [1.165, 1.54) is 23.5 Å². The molecule has 0 saturated carbocycles. The number of hydrogen-bond acceptors (Lipinski definition) is 5. The van der Waals surface area contributed by atoms with Crippen LogP contribution < -0.4 is 10.1 Å². The van der Waals surface area contributed by atoms with Crippen molar-refractivity contribution in [1.29, 1.82) is 0 Å². The Bertz CT molecular complexity index is 1250. The highest BCUT2D eigenvalue weighted by molar-refractivity contribution is 7.89. The predicted octanol–water partition coefficient (Wildman–Crippen LogP) is 3.09. The Hall–Kier alpha value is -3.69. The highest BCUT2D eigenvalue weighted by Crippen LogP contribution is 2.21. The molecule has 1 fully saturated rings. The summed E-state index contributed by atoms with van der Waals surface area (Å²) in [6.07, 6.45) is 0. The summed E-state index contributed by atoms with van der Waals surface area (Å²) < 4.78 is 32.3. The fraction of sp³-hybridized carbons (Fsp3) is 0.200. The van der Waals surface area contributed by atoms with E-state index in [0.29, 0.717) is 35.7 Å². The number of anilines is 1. The van der Waals surface area contributed by atoms with Crippen molar-refractivity contribution in [2.45, 2.75) is 4.90 Å². The van der Waals surface area contributed by atoms with Gasteiger partial charge in [-0.3, -0.25) is 9.59 Å². The number of rotatable bonds is 6. The number of ether oxygens (including phenoxy) is 1. The van der Waals surface area contributed by atoms with Gasteiger partial charge in [0, 0.05) is 43.0 Å². The maximum absolute atomic E-state index is 12.9. The van der Waals surface area contributed by atoms with Crippen molar-refractivity contribution in [3.05, 3.63) is 90.0 Å². The number of methoxy groups -OCH3 is 1. The molecule has 0 atom stereocenters. The minimum absolute atomic E-state index is 0.178. The molecule has 34 heavy (non-hydrogen) atoms. The molecular formula is C25H25N3O5S. The number of benzene rings is 3. The number of carbonyl (C=O) groups excluding carboxylic acids is 2. The molecule has 4 rings (SSSR count). The molecule has 176 valence electrons. The van der Waals surface area contributed by atoms with Gasteiger partial charge in [0.05, 0.1) is 12.0 Å². The molecule has 0 bridgehead atoms. The Kier molecular flexibility index (Phi) is 6.95. The van der Waals surface area contributed by atoms with E-state index in [-0.39, 0.29) is 29.8 Å². The van der Waals surface area contributed by atoms with Gasteiger partial charge in [-0.15, -0.1) is 0 Å². The van der Waals surface area contributed by atoms with Crippen LogP contribution in [0, 0.1) is 0 Å². The van der Waals surface area contributed by atoms with Crippen LogP contribution in [0.25, 0.3) is 0 Å². The monoisotopic (exact) mass is 479 g/mol. The van der Waals surface area contributed by atoms with Crippen molar-refractivity contribution in [3.63, 3.8) is 0 Å². The van der Waals surface area contributed by atoms with E-state index in [1.54, 1.807) is 65.6 Å². The van der Waals surface area contributed by atoms with Crippen molar-refractivity contribution in [1.82, 2.24) is 9.21 Å². The van der Waals surface area contributed by atoms with Crippen molar-refractivity contribution in [2.75, 3.05) is 38.6 Å². The molecule has 1 saturated heterocycles. The third-order valence-corrected chi connectivity index (χ3v) is 7.56. The molecule has 0 aliphatic carbocycles. The van der Waals surface area contributed by atoms with Gasteiger partial charge in [0.25, 0.3) is 11.8 Å². The minimum Gasteiger partial charge on any atom is -0.497 e. The van der Waals surface area contributed by atoms with Crippen LogP contribution in [-0.4, -0.2) is 62.7 Å². The SMILES string of the molecule is COc1ccc(S(=O)(=O)N2CCN(C(=O)c3ccc(NC(=O)c4ccccc4)cc3)CC2)cc1. The smallest absolute Gasteiger partial charge is 0.255 e. The lowest BCUT2D eigenvalue weighted by Crippen LogP contribution is -2.50. The van der Waals surface area contributed by atoms with Crippen LogP contribution in [0.5, 0.6) is 5.75 Å². The van der Waals surface area contributed by atoms with Gasteiger partial charge in [0.2, 0.25) is 10.0 Å². The van der Waals surface area contributed by atoms with E-state index in [0.717, 1.165) is 0 Å². The van der Waals surface area contributed by atoms with Gasteiger partial charge < -0.3 is 15.0 Å². The number of nitrogens with zero attached hydrogens (tertiary/aromatic N) is 2. The summed E-state index contributed by atoms with van der Waals surface area (Å²) in [4.78, 5) is 27.0. The van der Waals surface area contributed by atoms with E-state index in [4.69, 9.17) is 4.74 Å². The Balaban J connectivity index is 1.35. The van der Waals surface area contributed by atoms with Gasteiger partial charge in [0.15, 0.2) is 0 Å². The molecule has 3 aromatic carbocycles. The first-order valence-electron chi connectivity index (χ1n) is 10.8. The minimum atomic E-state index is -3.64. The molecular weight excluding hydrogens is 454 g/mol. The highest BCUT2D eigenvalue weighted by atomic mass is 32.2. The second-order valence-electron chi connectivity index (χ2n) is 7.77. The molecule has 3 aromatic rings. The van der Waals surface area contributed by atoms with Gasteiger partial charge in [0.1, 0.15) is 5.75 Å². The maximum atomic E-state index is 12.9. The van der Waals surface area contributed by atoms with Crippen LogP contribution in [0.4, 0.5) is 5.69 Å². The van der Waals surface area contributed by atoms with Crippen molar-refractivity contribution >= 4 is 27.5 Å². The second kappa shape index (κ2) is 10.1. The third-order valence-electron chi connectivity index (χ3n) is 5.65. The van der Waals surface area contributed by atoms with Crippen LogP contribution in [-0.2, 0) is 10.0 Å². The third kappa shape index (κ3) is 5.11. The molecule has 0 unspecified atom stereocenters. The summed E-state index contributed by atoms with van der Waals surface area (Å²) >= 11 is 0. The van der Waals surface area contributed by atoms with E-state index in [1.807, 2.05) is 6.07 Å². The van der Waals surface area contributed by atoms with Crippen molar-refractivity contribution in [3.8, 4) is 5.75 Å². The first-order valence-corrected chi connectivity index (χ1v) is 12.2. The number of piperazine rings is 1. The largest absolute Gasteiger partial charge is 0.497 e. The Labute approximate surface area is 198 Å². The lowest BCUT2D eigenvalue weighted by atomic mass is 10.1. The van der Waals surface area contributed by atoms with Gasteiger partial charge in [-0.25, -0.2) is 8.42 Å². The zero-order valence-electron chi connectivity index (χ0n) is 18.7. The standard InChI is InChI=1S/C25H25N3O5S/c1-33-22-11-13-23(14-12-22)34(31,32)28-17-15-27(16-18-28)25(30)20-7-9-21(10-8-20)26-24(29)19-5-3-2-4-6-19/h2-14H,15-18H2,1H3,(H,26,29). The van der Waals surface area contributed by atoms with Gasteiger partial charge in [-0.2, -0.15) is 4.31 Å². The summed E-state index contributed by atoms with van der Waals surface area (Å²) in [6, 6.07) is 21.8. The molecule has 1 aliphatic rings. The summed E-state index contributed by atoms with van der Waals surface area (Å²) in [5.41, 5.74) is 1.61. The molecule has 1 aliphatic heterocycles. The van der Waals surface area contributed by atoms with E-state index in [9.17, 15) is 18.0 Å². The van der Waals surface area contributed by atoms with Crippen LogP contribution in [0.3, 0.4) is 0 Å². The number of amides is 2. The predicted molar refractivity (Wildman–Crippen MR) is 128 cm³/mol. The fourth-order valence-corrected chi connectivity index (χ4v) is 5.12. The van der Waals surface area contributed by atoms with Crippen LogP contribution >= 0.6 is 0 Å². The quantitative estimate of drug-likeness (QED) is 0.586. The van der Waals surface area contributed by atoms with Gasteiger partial charge in [-0.05, 0) is 60.7 Å². The van der Waals surface area contributed by atoms with Gasteiger partial charge in [-0.1, -0.05) is 18.2 Å². The zero-order valence-corrected chi connectivity index (χ0v) is 19.5. The summed E-state index contributed by atoms with van der Waals surface area (Å²) in [6.45, 7) is 1.01. The average molecular weight is 480 g/mol. The topological polar surface area (TPSA) is 96.0 Å². The maximum Gasteiger partial charge on any atom is 0.255 e. The van der Waals surface area contributed by atoms with E-state index in [2.05, 4.69) is 5.32 Å². The number of sulfonamides is 1. The van der Waals surface area contributed by atoms with E-state index < -0.39 is 10.0 Å². The lowest BCUT2D eigenvalue weighted by Gasteiger charge is -2.34. The summed E-state index contributed by atoms with van der Waals surface area (Å²) in [5.74, 6) is 0.177. The number of hydrogen-bond donors (Lipinski definition) is 1. The van der Waals surface area contributed by atoms with Crippen molar-refractivity contribution < 1.29 is 22.7 Å². The first-order chi connectivity index (χ1) is 16.4. The fourth-order valence-electron chi connectivity index (χ4n) is 3.70. The molecule has 0 spiro atoms. The molecule has 0 aromatic heterocycles. The molecule has 0 radical (unpaired) electrons. The molecule has 9 heteroatoms. The lowest BCUT2D eigenvalue weighted by molar-refractivity contribution is 0.0698. The average Bonchev–Trinajstić information content (AvgIpc) is 2.89. The Morgan fingerprint density at radius 2 is 1.41 bits per heavy atom. The normalized spacial score (nSPS) is 14.4. The van der Waals surface area contributed by atoms with Crippen LogP contribution in [0.1, 0.15) is 20.7 Å². The van der Waals surface area contributed by atoms with Gasteiger partial charge >= 0.3 is 0 Å². The van der Waals surface area contributed by atoms with Crippen molar-refractivity contribution in [2.24, 2.45) is 0 Å². The molecule has 1 N–H and O–H groups in total. The highest BCUT2D eigenvalue weighted by Gasteiger charge is 2.30. The zero-order chi connectivity index (χ0) is 24.1. The summed E-state index contributed by atoms with van der Waals surface area (Å²) in [7, 11) is -2.12. The molecule has 8 nitrogen and oxygen atoms in total. The van der Waals surface area contributed by atoms with Crippen LogP contribution in [0.15, 0.2) is 83.8 Å². The molecule has 2 amide bonds. The number of carbonyl (C=O) groups is 2. The number of nitrogens with one attached hydrogen (secondary N) is 1. The van der Waals surface area contributed by atoms with Crippen LogP contribution in [0.2, 0.25) is 0 Å². The summed E-state index contributed by atoms with van der Waals surface area (Å²) in [5, 5.41) is 2.80. The van der Waals surface area contributed by atoms with E-state index >= 15 is 0 Å². The second-order valence-corrected chi connectivity index (χ2v) is 9.71.